The fourth-order valence-electron chi connectivity index (χ4n) is 10.8. The maximum Gasteiger partial charge on any atom is 0.180 e. The minimum atomic E-state index is -2.96. The molecule has 0 saturated heterocycles. The van der Waals surface area contributed by atoms with Crippen molar-refractivity contribution in [2.75, 3.05) is 4.90 Å². The monoisotopic (exact) mass is 849 g/mol. The average molecular weight is 850 g/mol. The lowest BCUT2D eigenvalue weighted by Gasteiger charge is -2.52. The third-order valence-corrected chi connectivity index (χ3v) is 19.5. The van der Waals surface area contributed by atoms with Crippen LogP contribution in [0.1, 0.15) is 22.3 Å². The van der Waals surface area contributed by atoms with Crippen LogP contribution < -0.4 is 25.6 Å². The molecule has 302 valence electrons. The Morgan fingerprint density at radius 2 is 0.672 bits per heavy atom. The molecule has 0 saturated carbocycles. The molecule has 1 nitrogen and oxygen atoms in total. The van der Waals surface area contributed by atoms with Crippen LogP contribution in [0.3, 0.4) is 0 Å². The zero-order valence-electron chi connectivity index (χ0n) is 35.2. The molecule has 0 N–H and O–H groups in total. The molecule has 2 aliphatic rings. The van der Waals surface area contributed by atoms with Gasteiger partial charge in [-0.1, -0.05) is 224 Å². The first-order valence-electron chi connectivity index (χ1n) is 22.1. The summed E-state index contributed by atoms with van der Waals surface area (Å²) < 4.78 is 0. The van der Waals surface area contributed by atoms with Crippen LogP contribution in [0.15, 0.2) is 271 Å². The molecule has 12 rings (SSSR count). The van der Waals surface area contributed by atoms with Gasteiger partial charge >= 0.3 is 0 Å². The molecule has 0 radical (unpaired) electrons. The first kappa shape index (κ1) is 38.3. The summed E-state index contributed by atoms with van der Waals surface area (Å²) in [6.45, 7) is 0. The predicted molar refractivity (Wildman–Crippen MR) is 272 cm³/mol. The summed E-state index contributed by atoms with van der Waals surface area (Å²) in [7, 11) is -2.96. The quantitative estimate of drug-likeness (QED) is 0.147. The lowest BCUT2D eigenvalue weighted by atomic mass is 9.64. The first-order valence-corrected chi connectivity index (χ1v) is 24.9. The largest absolute Gasteiger partial charge is 0.310 e. The van der Waals surface area contributed by atoms with Crippen LogP contribution in [-0.4, -0.2) is 8.07 Å². The lowest BCUT2D eigenvalue weighted by Crippen LogP contribution is -2.79. The van der Waals surface area contributed by atoms with E-state index in [9.17, 15) is 0 Å². The van der Waals surface area contributed by atoms with E-state index in [1.165, 1.54) is 75.0 Å². The van der Waals surface area contributed by atoms with Gasteiger partial charge < -0.3 is 4.90 Å². The molecular formula is C61H43NSSi. The molecule has 0 atom stereocenters. The van der Waals surface area contributed by atoms with Crippen LogP contribution in [0.2, 0.25) is 0 Å². The molecule has 0 amide bonds. The molecule has 3 heteroatoms. The second kappa shape index (κ2) is 15.7. The van der Waals surface area contributed by atoms with Crippen LogP contribution in [0.25, 0.3) is 22.3 Å². The van der Waals surface area contributed by atoms with E-state index < -0.39 is 13.5 Å². The summed E-state index contributed by atoms with van der Waals surface area (Å²) in [5.74, 6) is 0. The van der Waals surface area contributed by atoms with Gasteiger partial charge in [0.1, 0.15) is 0 Å². The molecule has 2 aliphatic heterocycles. The summed E-state index contributed by atoms with van der Waals surface area (Å²) in [4.78, 5) is 5.05. The molecule has 0 aromatic heterocycles. The Bertz CT molecular complexity index is 3110. The summed E-state index contributed by atoms with van der Waals surface area (Å²) in [5.41, 5.74) is 12.9. The van der Waals surface area contributed by atoms with Crippen molar-refractivity contribution in [1.29, 1.82) is 0 Å². The maximum absolute atomic E-state index is 2.96. The van der Waals surface area contributed by atoms with Crippen molar-refractivity contribution in [1.82, 2.24) is 0 Å². The van der Waals surface area contributed by atoms with E-state index in [0.29, 0.717) is 0 Å². The van der Waals surface area contributed by atoms with E-state index in [4.69, 9.17) is 0 Å². The Hall–Kier alpha value is -7.43. The van der Waals surface area contributed by atoms with E-state index in [1.807, 2.05) is 11.8 Å². The van der Waals surface area contributed by atoms with Gasteiger partial charge in [-0.15, -0.1) is 0 Å². The normalized spacial score (nSPS) is 13.8. The van der Waals surface area contributed by atoms with Gasteiger partial charge in [0.2, 0.25) is 0 Å². The van der Waals surface area contributed by atoms with Gasteiger partial charge in [0, 0.05) is 26.9 Å². The van der Waals surface area contributed by atoms with Crippen molar-refractivity contribution < 1.29 is 0 Å². The molecule has 0 aliphatic carbocycles. The Kier molecular flexibility index (Phi) is 9.40. The minimum absolute atomic E-state index is 0.597. The lowest BCUT2D eigenvalue weighted by molar-refractivity contribution is 0.707. The van der Waals surface area contributed by atoms with Crippen LogP contribution in [0.5, 0.6) is 0 Å². The molecule has 0 unspecified atom stereocenters. The molecule has 0 fully saturated rings. The molecule has 1 spiro atoms. The Labute approximate surface area is 381 Å². The van der Waals surface area contributed by atoms with Gasteiger partial charge in [0.05, 0.1) is 5.41 Å². The topological polar surface area (TPSA) is 3.24 Å². The Morgan fingerprint density at radius 1 is 0.297 bits per heavy atom. The molecule has 0 bridgehead atoms. The van der Waals surface area contributed by atoms with Gasteiger partial charge in [-0.25, -0.2) is 0 Å². The fraction of sp³-hybridized carbons (Fsp3) is 0.0164. The maximum atomic E-state index is 2.57. The van der Waals surface area contributed by atoms with E-state index >= 15 is 0 Å². The zero-order chi connectivity index (χ0) is 42.5. The van der Waals surface area contributed by atoms with Crippen LogP contribution in [0, 0.1) is 0 Å². The molecular weight excluding hydrogens is 807 g/mol. The van der Waals surface area contributed by atoms with Gasteiger partial charge in [0.15, 0.2) is 8.07 Å². The number of hydrogen-bond donors (Lipinski definition) is 0. The molecule has 10 aromatic carbocycles. The number of benzene rings is 10. The summed E-state index contributed by atoms with van der Waals surface area (Å²) in [6, 6.07) is 97.6. The van der Waals surface area contributed by atoms with E-state index in [0.717, 1.165) is 17.1 Å². The van der Waals surface area contributed by atoms with Gasteiger partial charge in [-0.2, -0.15) is 0 Å². The third kappa shape index (κ3) is 5.92. The van der Waals surface area contributed by atoms with Crippen molar-refractivity contribution in [3.8, 4) is 22.3 Å². The fourth-order valence-corrected chi connectivity index (χ4v) is 17.3. The SMILES string of the molecule is c1ccc(-c2ccc(N(c3ccc(-c4ccccc4)cc3)c3ccc4c(c3)C3(c5ccccc5Sc5ccccc53)c3ccccc3[Si]4(c3ccccc3)c3ccccc3)cc2)cc1. The van der Waals surface area contributed by atoms with Crippen LogP contribution >= 0.6 is 11.8 Å². The molecule has 10 aromatic rings. The average Bonchev–Trinajstić information content (AvgIpc) is 3.38. The Morgan fingerprint density at radius 3 is 1.17 bits per heavy atom. The highest BCUT2D eigenvalue weighted by Crippen LogP contribution is 2.57. The Balaban J connectivity index is 1.18. The van der Waals surface area contributed by atoms with Crippen molar-refractivity contribution >= 4 is 57.6 Å². The number of nitrogens with zero attached hydrogens (tertiary/aromatic N) is 1. The van der Waals surface area contributed by atoms with Gasteiger partial charge in [0.25, 0.3) is 0 Å². The summed E-state index contributed by atoms with van der Waals surface area (Å²) in [6.07, 6.45) is 0. The minimum Gasteiger partial charge on any atom is -0.310 e. The third-order valence-electron chi connectivity index (χ3n) is 13.5. The second-order valence-electron chi connectivity index (χ2n) is 16.8. The predicted octanol–water partition coefficient (Wildman–Crippen LogP) is 13.0. The van der Waals surface area contributed by atoms with E-state index in [2.05, 4.69) is 266 Å². The van der Waals surface area contributed by atoms with Crippen molar-refractivity contribution in [2.45, 2.75) is 15.2 Å². The number of rotatable bonds is 7. The van der Waals surface area contributed by atoms with Crippen molar-refractivity contribution in [2.24, 2.45) is 0 Å². The zero-order valence-corrected chi connectivity index (χ0v) is 37.0. The number of anilines is 3. The van der Waals surface area contributed by atoms with E-state index in [1.54, 1.807) is 0 Å². The number of fused-ring (bicyclic) bond motifs is 8. The smallest absolute Gasteiger partial charge is 0.180 e. The number of hydrogen-bond acceptors (Lipinski definition) is 2. The highest BCUT2D eigenvalue weighted by Gasteiger charge is 2.57. The highest BCUT2D eigenvalue weighted by molar-refractivity contribution is 7.99. The van der Waals surface area contributed by atoms with Gasteiger partial charge in [-0.05, 0) is 114 Å². The highest BCUT2D eigenvalue weighted by atomic mass is 32.2. The first-order chi connectivity index (χ1) is 31.7. The van der Waals surface area contributed by atoms with Crippen molar-refractivity contribution in [3.05, 3.63) is 283 Å². The van der Waals surface area contributed by atoms with Crippen LogP contribution in [-0.2, 0) is 5.41 Å². The standard InChI is InChI=1S/C61H43NSSi/c1-5-19-44(20-6-1)46-33-37-48(38-34-46)62(49-39-35-47(36-40-49)45-21-7-2-8-22-45)50-41-42-60-56(43-50)61(53-27-13-16-30-57(53)63-58-31-17-14-28-54(58)61)55-29-15-18-32-59(55)64(60,51-23-9-3-10-24-51)52-25-11-4-12-26-52/h1-43H. The molecule has 2 heterocycles. The summed E-state index contributed by atoms with van der Waals surface area (Å²) in [5, 5.41) is 5.62. The van der Waals surface area contributed by atoms with E-state index in [-0.39, 0.29) is 0 Å². The molecule has 64 heavy (non-hydrogen) atoms. The van der Waals surface area contributed by atoms with Crippen molar-refractivity contribution in [3.63, 3.8) is 0 Å². The summed E-state index contributed by atoms with van der Waals surface area (Å²) >= 11 is 1.90. The van der Waals surface area contributed by atoms with Gasteiger partial charge in [-0.3, -0.25) is 0 Å². The van der Waals surface area contributed by atoms with Crippen LogP contribution in [0.4, 0.5) is 17.1 Å². The second-order valence-corrected chi connectivity index (χ2v) is 21.6.